The standard InChI is InChI=1S/C49H54Cl4N8O9/c50-33-15-14-32(37(52)23-33)19-22-61(46(48(56)68)36-17-16-34(51)24-38(36)53)28-44(65)60(21-18-35(30-9-3-1-4-10-30)31-11-5-2-6-12-31)40(25-45(61)66)49(69)70-29-43(64)58-26-41(62)57-27-42(63)59-39(47(55)67)13-7-8-20-54/h1-6,9-12,14-17,23-24,35,39-40,46H,7-8,13,18-22,25-29,54H2,(H6-,55,56,57,58,59,62,63,64,67,68)/p+1. The molecule has 1 fully saturated rings. The van der Waals surface area contributed by atoms with Crippen LogP contribution in [0.15, 0.2) is 97.1 Å². The number of unbranched alkanes of at least 4 members (excludes halogenated alkanes) is 1. The summed E-state index contributed by atoms with van der Waals surface area (Å²) in [5.41, 5.74) is 19.5. The van der Waals surface area contributed by atoms with Crippen LogP contribution in [-0.2, 0) is 49.5 Å². The molecule has 1 aliphatic heterocycles. The van der Waals surface area contributed by atoms with Gasteiger partial charge in [0, 0.05) is 39.5 Å². The third kappa shape index (κ3) is 15.0. The summed E-state index contributed by atoms with van der Waals surface area (Å²) in [6.07, 6.45) is 1.01. The summed E-state index contributed by atoms with van der Waals surface area (Å²) in [7, 11) is 0. The van der Waals surface area contributed by atoms with Crippen LogP contribution < -0.4 is 33.2 Å². The highest BCUT2D eigenvalue weighted by atomic mass is 35.5. The Morgan fingerprint density at radius 1 is 0.729 bits per heavy atom. The van der Waals surface area contributed by atoms with Gasteiger partial charge in [0.05, 0.1) is 31.1 Å². The molecule has 0 radical (unpaired) electrons. The molecule has 0 aromatic heterocycles. The fraction of sp³-hybridized carbons (Fsp3) is 0.347. The Morgan fingerprint density at radius 2 is 1.33 bits per heavy atom. The molecule has 70 heavy (non-hydrogen) atoms. The number of hydrogen-bond donors (Lipinski definition) is 6. The molecule has 5 rings (SSSR count). The van der Waals surface area contributed by atoms with Gasteiger partial charge in [0.25, 0.3) is 17.7 Å². The largest absolute Gasteiger partial charge is 0.454 e. The van der Waals surface area contributed by atoms with Crippen molar-refractivity contribution in [2.45, 2.75) is 62.6 Å². The van der Waals surface area contributed by atoms with E-state index in [1.807, 2.05) is 60.7 Å². The Labute approximate surface area is 425 Å². The third-order valence-corrected chi connectivity index (χ3v) is 13.1. The van der Waals surface area contributed by atoms with Crippen LogP contribution >= 0.6 is 46.4 Å². The van der Waals surface area contributed by atoms with Crippen molar-refractivity contribution in [2.24, 2.45) is 17.2 Å². The molecule has 21 heteroatoms. The van der Waals surface area contributed by atoms with E-state index in [0.29, 0.717) is 30.0 Å². The quantitative estimate of drug-likeness (QED) is 0.0332. The van der Waals surface area contributed by atoms with Crippen molar-refractivity contribution < 1.29 is 47.6 Å². The maximum atomic E-state index is 15.2. The van der Waals surface area contributed by atoms with Crippen LogP contribution in [0.5, 0.6) is 0 Å². The molecule has 0 bridgehead atoms. The number of rotatable bonds is 24. The molecule has 1 saturated heterocycles. The van der Waals surface area contributed by atoms with E-state index in [2.05, 4.69) is 16.0 Å². The van der Waals surface area contributed by atoms with Gasteiger partial charge < -0.3 is 42.8 Å². The van der Waals surface area contributed by atoms with Gasteiger partial charge in [-0.3, -0.25) is 28.8 Å². The van der Waals surface area contributed by atoms with Crippen LogP contribution in [0.3, 0.4) is 0 Å². The number of carbonyl (C=O) groups excluding carboxylic acids is 8. The summed E-state index contributed by atoms with van der Waals surface area (Å²) in [6.45, 7) is -2.69. The zero-order chi connectivity index (χ0) is 51.0. The van der Waals surface area contributed by atoms with Crippen LogP contribution in [0.1, 0.15) is 66.3 Å². The van der Waals surface area contributed by atoms with E-state index in [4.69, 9.17) is 68.3 Å². The lowest BCUT2D eigenvalue weighted by atomic mass is 9.88. The maximum Gasteiger partial charge on any atom is 0.330 e. The second-order valence-corrected chi connectivity index (χ2v) is 18.4. The first-order valence-electron chi connectivity index (χ1n) is 22.4. The SMILES string of the molecule is NCCCCC(NC(=O)CNC(=O)CNC(=O)COC(=O)C1CC(=O)[N+](CCc2ccc(Cl)cc2Cl)(C(C(N)=O)c2ccc(Cl)cc2Cl)CC(=O)N1CCC(c1ccccc1)c1ccccc1)C(N)=O. The molecule has 4 unspecified atom stereocenters. The van der Waals surface area contributed by atoms with Crippen LogP contribution in [0.4, 0.5) is 0 Å². The number of hydrogen-bond acceptors (Lipinski definition) is 10. The number of carbonyl (C=O) groups is 8. The molecule has 0 aliphatic carbocycles. The Kier molecular flexibility index (Phi) is 20.5. The van der Waals surface area contributed by atoms with Crippen LogP contribution in [0.25, 0.3) is 0 Å². The lowest BCUT2D eigenvalue weighted by Gasteiger charge is -2.40. The third-order valence-electron chi connectivity index (χ3n) is 12.0. The van der Waals surface area contributed by atoms with Gasteiger partial charge in [-0.25, -0.2) is 14.1 Å². The van der Waals surface area contributed by atoms with Gasteiger partial charge >= 0.3 is 11.9 Å². The van der Waals surface area contributed by atoms with E-state index in [-0.39, 0.29) is 58.9 Å². The molecule has 1 heterocycles. The maximum absolute atomic E-state index is 15.2. The smallest absolute Gasteiger partial charge is 0.330 e. The zero-order valence-corrected chi connectivity index (χ0v) is 41.1. The lowest BCUT2D eigenvalue weighted by Crippen LogP contribution is -2.61. The minimum absolute atomic E-state index is 0.00191. The monoisotopic (exact) mass is 1040 g/mol. The minimum atomic E-state index is -1.62. The molecule has 4 aromatic carbocycles. The van der Waals surface area contributed by atoms with E-state index in [0.717, 1.165) is 11.1 Å². The molecule has 0 saturated carbocycles. The number of benzene rings is 4. The molecular weight excluding hydrogens is 986 g/mol. The molecule has 4 aromatic rings. The van der Waals surface area contributed by atoms with E-state index in [1.54, 1.807) is 12.1 Å². The number of halogens is 4. The van der Waals surface area contributed by atoms with Gasteiger partial charge in [0.1, 0.15) is 12.1 Å². The number of nitrogens with zero attached hydrogens (tertiary/aromatic N) is 2. The van der Waals surface area contributed by atoms with E-state index in [1.165, 1.54) is 29.2 Å². The molecular formula is C49H55Cl4N8O9+. The molecule has 0 spiro atoms. The summed E-state index contributed by atoms with van der Waals surface area (Å²) < 4.78 is 4.56. The average Bonchev–Trinajstić information content (AvgIpc) is 3.43. The van der Waals surface area contributed by atoms with Gasteiger partial charge in [-0.05, 0) is 79.3 Å². The van der Waals surface area contributed by atoms with Gasteiger partial charge in [0.15, 0.2) is 13.2 Å². The summed E-state index contributed by atoms with van der Waals surface area (Å²) in [4.78, 5) is 109. The second kappa shape index (κ2) is 26.2. The highest BCUT2D eigenvalue weighted by Gasteiger charge is 2.55. The number of primary amides is 2. The Balaban J connectivity index is 1.42. The van der Waals surface area contributed by atoms with Gasteiger partial charge in [-0.15, -0.1) is 0 Å². The average molecular weight is 1040 g/mol. The molecule has 7 amide bonds. The van der Waals surface area contributed by atoms with Crippen molar-refractivity contribution in [1.82, 2.24) is 20.9 Å². The molecule has 4 atom stereocenters. The van der Waals surface area contributed by atoms with Gasteiger partial charge in [-0.1, -0.05) is 113 Å². The fourth-order valence-electron chi connectivity index (χ4n) is 8.43. The summed E-state index contributed by atoms with van der Waals surface area (Å²) in [5, 5.41) is 7.89. The summed E-state index contributed by atoms with van der Waals surface area (Å²) in [6, 6.07) is 23.9. The van der Waals surface area contributed by atoms with Crippen molar-refractivity contribution >= 4 is 93.7 Å². The topological polar surface area (TPSA) is 263 Å². The molecule has 17 nitrogen and oxygen atoms in total. The first-order valence-corrected chi connectivity index (χ1v) is 23.9. The Hall–Kier alpha value is -6.08. The van der Waals surface area contributed by atoms with Crippen molar-refractivity contribution in [1.29, 1.82) is 0 Å². The van der Waals surface area contributed by atoms with Gasteiger partial charge in [-0.2, -0.15) is 0 Å². The van der Waals surface area contributed by atoms with Crippen molar-refractivity contribution in [2.75, 3.05) is 45.9 Å². The highest BCUT2D eigenvalue weighted by Crippen LogP contribution is 2.39. The highest BCUT2D eigenvalue weighted by molar-refractivity contribution is 6.35. The van der Waals surface area contributed by atoms with E-state index in [9.17, 15) is 28.8 Å². The predicted octanol–water partition coefficient (Wildman–Crippen LogP) is 4.11. The van der Waals surface area contributed by atoms with Crippen molar-refractivity contribution in [3.8, 4) is 0 Å². The van der Waals surface area contributed by atoms with Crippen LogP contribution in [-0.4, -0.2) is 115 Å². The van der Waals surface area contributed by atoms with E-state index < -0.39 is 103 Å². The molecule has 372 valence electrons. The fourth-order valence-corrected chi connectivity index (χ4v) is 9.45. The lowest BCUT2D eigenvalue weighted by molar-refractivity contribution is -0.868. The zero-order valence-electron chi connectivity index (χ0n) is 38.1. The number of quaternary nitrogens is 1. The number of esters is 1. The van der Waals surface area contributed by atoms with Crippen LogP contribution in [0, 0.1) is 0 Å². The number of ether oxygens (including phenoxy) is 1. The first-order chi connectivity index (χ1) is 33.4. The van der Waals surface area contributed by atoms with Crippen molar-refractivity contribution in [3.05, 3.63) is 139 Å². The summed E-state index contributed by atoms with van der Waals surface area (Å²) >= 11 is 25.8. The minimum Gasteiger partial charge on any atom is -0.454 e. The van der Waals surface area contributed by atoms with E-state index >= 15 is 9.59 Å². The van der Waals surface area contributed by atoms with Crippen molar-refractivity contribution in [3.63, 3.8) is 0 Å². The predicted molar refractivity (Wildman–Crippen MR) is 264 cm³/mol. The van der Waals surface area contributed by atoms with Crippen LogP contribution in [0.2, 0.25) is 20.1 Å². The number of amides is 7. The normalized spacial score (nSPS) is 16.7. The second-order valence-electron chi connectivity index (χ2n) is 16.7. The first kappa shape index (κ1) is 54.9. The molecule has 9 N–H and O–H groups in total. The Morgan fingerprint density at radius 3 is 1.91 bits per heavy atom. The summed E-state index contributed by atoms with van der Waals surface area (Å²) in [5.74, 6) is -7.04. The van der Waals surface area contributed by atoms with Gasteiger partial charge in [0.2, 0.25) is 23.8 Å². The number of nitrogens with two attached hydrogens (primary N) is 3. The molecule has 1 aliphatic rings. The Bertz CT molecular complexity index is 2500. The number of nitrogens with one attached hydrogen (secondary N) is 3.